The lowest BCUT2D eigenvalue weighted by atomic mass is 9.94. The van der Waals surface area contributed by atoms with Gasteiger partial charge in [0.05, 0.1) is 23.1 Å². The number of nitrogens with zero attached hydrogens (tertiary/aromatic N) is 5. The second-order valence-corrected chi connectivity index (χ2v) is 11.4. The highest BCUT2D eigenvalue weighted by Gasteiger charge is 2.29. The smallest absolute Gasteiger partial charge is 0.164 e. The van der Waals surface area contributed by atoms with Gasteiger partial charge in [-0.2, -0.15) is 0 Å². The van der Waals surface area contributed by atoms with Gasteiger partial charge in [0.2, 0.25) is 0 Å². The van der Waals surface area contributed by atoms with Crippen LogP contribution < -0.4 is 5.32 Å². The number of aliphatic imine (C=N–C) groups is 1. The molecule has 0 amide bonds. The van der Waals surface area contributed by atoms with Gasteiger partial charge in [-0.25, -0.2) is 19.9 Å². The second kappa shape index (κ2) is 11.2. The maximum Gasteiger partial charge on any atom is 0.164 e. The number of furan rings is 1. The average Bonchev–Trinajstić information content (AvgIpc) is 3.54. The Morgan fingerprint density at radius 2 is 1.19 bits per heavy atom. The molecule has 0 fully saturated rings. The lowest BCUT2D eigenvalue weighted by Crippen LogP contribution is -2.26. The third-order valence-electron chi connectivity index (χ3n) is 8.43. The molecule has 1 atom stereocenters. The molecule has 5 aromatic carbocycles. The first kappa shape index (κ1) is 26.9. The van der Waals surface area contributed by atoms with Crippen LogP contribution >= 0.6 is 0 Å². The maximum absolute atomic E-state index is 6.41. The fraction of sp³-hybridized carbons (Fsp3) is 0.0250. The van der Waals surface area contributed by atoms with Crippen molar-refractivity contribution in [2.45, 2.75) is 6.04 Å². The van der Waals surface area contributed by atoms with E-state index in [-0.39, 0.29) is 6.04 Å². The van der Waals surface area contributed by atoms with Crippen LogP contribution in [0.5, 0.6) is 0 Å². The third-order valence-corrected chi connectivity index (χ3v) is 8.43. The summed E-state index contributed by atoms with van der Waals surface area (Å²) in [5.41, 5.74) is 8.52. The summed E-state index contributed by atoms with van der Waals surface area (Å²) < 4.78 is 6.41. The van der Waals surface area contributed by atoms with Gasteiger partial charge in [-0.1, -0.05) is 109 Å². The standard InChI is InChI=1S/C40H26N6O/c1-3-12-25(13-4-1)38-44-39(26-14-5-2-6-15-26)46-40(45-38)28-17-11-16-27(24-28)34-35(43-32-20-9-8-19-31(32)42-34)36-37-30(22-23-41-36)29-18-7-10-21-33(29)47-37/h1-24,34,42H. The van der Waals surface area contributed by atoms with Gasteiger partial charge in [0.15, 0.2) is 23.1 Å². The van der Waals surface area contributed by atoms with Gasteiger partial charge < -0.3 is 9.73 Å². The zero-order chi connectivity index (χ0) is 31.2. The molecular weight excluding hydrogens is 580 g/mol. The van der Waals surface area contributed by atoms with E-state index >= 15 is 0 Å². The van der Waals surface area contributed by atoms with Gasteiger partial charge in [-0.05, 0) is 35.9 Å². The van der Waals surface area contributed by atoms with Gasteiger partial charge in [0, 0.05) is 33.7 Å². The molecule has 222 valence electrons. The molecule has 1 aliphatic heterocycles. The van der Waals surface area contributed by atoms with Crippen LogP contribution in [0.25, 0.3) is 56.1 Å². The lowest BCUT2D eigenvalue weighted by molar-refractivity contribution is 0.665. The SMILES string of the molecule is c1ccc(-c2nc(-c3ccccc3)nc(-c3cccc(C4Nc5ccccc5N=C4c4nccc5c4oc4ccccc45)c3)n2)cc1. The monoisotopic (exact) mass is 606 g/mol. The van der Waals surface area contributed by atoms with E-state index in [4.69, 9.17) is 29.3 Å². The van der Waals surface area contributed by atoms with Crippen molar-refractivity contribution in [3.8, 4) is 34.2 Å². The first-order valence-corrected chi connectivity index (χ1v) is 15.5. The van der Waals surface area contributed by atoms with Crippen molar-refractivity contribution in [1.29, 1.82) is 0 Å². The van der Waals surface area contributed by atoms with Crippen LogP contribution in [0, 0.1) is 0 Å². The van der Waals surface area contributed by atoms with Crippen LogP contribution in [-0.4, -0.2) is 25.6 Å². The van der Waals surface area contributed by atoms with Crippen LogP contribution in [0.1, 0.15) is 17.3 Å². The fourth-order valence-corrected chi connectivity index (χ4v) is 6.17. The normalized spacial score (nSPS) is 14.0. The summed E-state index contributed by atoms with van der Waals surface area (Å²) in [6.45, 7) is 0. The molecule has 7 heteroatoms. The summed E-state index contributed by atoms with van der Waals surface area (Å²) in [7, 11) is 0. The van der Waals surface area contributed by atoms with Gasteiger partial charge in [0.1, 0.15) is 11.3 Å². The van der Waals surface area contributed by atoms with Crippen molar-refractivity contribution >= 4 is 39.0 Å². The van der Waals surface area contributed by atoms with Crippen LogP contribution in [0.4, 0.5) is 11.4 Å². The number of rotatable bonds is 5. The van der Waals surface area contributed by atoms with E-state index in [0.717, 1.165) is 55.7 Å². The number of hydrogen-bond donors (Lipinski definition) is 1. The Morgan fingerprint density at radius 1 is 0.553 bits per heavy atom. The molecule has 1 N–H and O–H groups in total. The minimum Gasteiger partial charge on any atom is -0.454 e. The molecule has 0 saturated heterocycles. The minimum absolute atomic E-state index is 0.319. The van der Waals surface area contributed by atoms with E-state index < -0.39 is 0 Å². The zero-order valence-corrected chi connectivity index (χ0v) is 25.1. The number of aromatic nitrogens is 4. The molecule has 1 unspecified atom stereocenters. The van der Waals surface area contributed by atoms with Crippen LogP contribution in [0.15, 0.2) is 155 Å². The van der Waals surface area contributed by atoms with E-state index in [1.54, 1.807) is 0 Å². The van der Waals surface area contributed by atoms with Gasteiger partial charge in [-0.15, -0.1) is 0 Å². The van der Waals surface area contributed by atoms with Crippen molar-refractivity contribution in [1.82, 2.24) is 19.9 Å². The molecule has 0 saturated carbocycles. The number of hydrogen-bond acceptors (Lipinski definition) is 7. The summed E-state index contributed by atoms with van der Waals surface area (Å²) in [5, 5.41) is 5.80. The number of para-hydroxylation sites is 3. The molecule has 9 rings (SSSR count). The fourth-order valence-electron chi connectivity index (χ4n) is 6.17. The molecule has 1 aliphatic rings. The minimum atomic E-state index is -0.319. The molecule has 3 aromatic heterocycles. The Labute approximate surface area is 270 Å². The number of pyridine rings is 1. The van der Waals surface area contributed by atoms with Gasteiger partial charge in [0.25, 0.3) is 0 Å². The van der Waals surface area contributed by atoms with Crippen molar-refractivity contribution in [3.05, 3.63) is 157 Å². The quantitative estimate of drug-likeness (QED) is 0.210. The van der Waals surface area contributed by atoms with E-state index in [9.17, 15) is 0 Å². The van der Waals surface area contributed by atoms with E-state index in [1.807, 2.05) is 128 Å². The molecule has 0 spiro atoms. The molecule has 0 aliphatic carbocycles. The lowest BCUT2D eigenvalue weighted by Gasteiger charge is -2.27. The van der Waals surface area contributed by atoms with Crippen molar-refractivity contribution < 1.29 is 4.42 Å². The largest absolute Gasteiger partial charge is 0.454 e. The molecule has 7 nitrogen and oxygen atoms in total. The summed E-state index contributed by atoms with van der Waals surface area (Å²) in [6, 6.07) is 46.1. The molecule has 4 heterocycles. The highest BCUT2D eigenvalue weighted by molar-refractivity contribution is 6.18. The van der Waals surface area contributed by atoms with Crippen molar-refractivity contribution in [2.75, 3.05) is 5.32 Å². The number of anilines is 1. The highest BCUT2D eigenvalue weighted by Crippen LogP contribution is 2.40. The van der Waals surface area contributed by atoms with E-state index in [1.165, 1.54) is 0 Å². The number of benzene rings is 5. The maximum atomic E-state index is 6.41. The van der Waals surface area contributed by atoms with Gasteiger partial charge >= 0.3 is 0 Å². The molecule has 47 heavy (non-hydrogen) atoms. The predicted octanol–water partition coefficient (Wildman–Crippen LogP) is 9.45. The van der Waals surface area contributed by atoms with Crippen molar-refractivity contribution in [2.24, 2.45) is 4.99 Å². The Balaban J connectivity index is 1.20. The number of nitrogens with one attached hydrogen (secondary N) is 1. The molecule has 0 radical (unpaired) electrons. The summed E-state index contributed by atoms with van der Waals surface area (Å²) >= 11 is 0. The topological polar surface area (TPSA) is 89.1 Å². The first-order valence-electron chi connectivity index (χ1n) is 15.5. The Kier molecular flexibility index (Phi) is 6.38. The van der Waals surface area contributed by atoms with Crippen LogP contribution in [-0.2, 0) is 0 Å². The molecular formula is C40H26N6O. The predicted molar refractivity (Wildman–Crippen MR) is 187 cm³/mol. The number of fused-ring (bicyclic) bond motifs is 4. The molecule has 0 bridgehead atoms. The Bertz CT molecular complexity index is 2400. The third kappa shape index (κ3) is 4.82. The Hall–Kier alpha value is -6.47. The average molecular weight is 607 g/mol. The highest BCUT2D eigenvalue weighted by atomic mass is 16.3. The summed E-state index contributed by atoms with van der Waals surface area (Å²) in [5.74, 6) is 1.83. The zero-order valence-electron chi connectivity index (χ0n) is 25.1. The van der Waals surface area contributed by atoms with Crippen LogP contribution in [0.2, 0.25) is 0 Å². The van der Waals surface area contributed by atoms with E-state index in [0.29, 0.717) is 28.8 Å². The summed E-state index contributed by atoms with van der Waals surface area (Å²) in [6.07, 6.45) is 1.83. The Morgan fingerprint density at radius 3 is 1.96 bits per heavy atom. The summed E-state index contributed by atoms with van der Waals surface area (Å²) in [4.78, 5) is 24.8. The van der Waals surface area contributed by atoms with Gasteiger partial charge in [-0.3, -0.25) is 4.98 Å². The first-order chi connectivity index (χ1) is 23.3. The second-order valence-electron chi connectivity index (χ2n) is 11.4. The van der Waals surface area contributed by atoms with E-state index in [2.05, 4.69) is 23.5 Å². The van der Waals surface area contributed by atoms with Crippen LogP contribution in [0.3, 0.4) is 0 Å². The molecule has 8 aromatic rings. The van der Waals surface area contributed by atoms with Crippen molar-refractivity contribution in [3.63, 3.8) is 0 Å².